The monoisotopic (exact) mass is 288 g/mol. The van der Waals surface area contributed by atoms with E-state index in [1.165, 1.54) is 0 Å². The molecule has 6 unspecified atom stereocenters. The van der Waals surface area contributed by atoms with E-state index in [0.29, 0.717) is 12.8 Å². The van der Waals surface area contributed by atoms with Crippen molar-refractivity contribution < 1.29 is 22.1 Å². The molecule has 2 aliphatic carbocycles. The van der Waals surface area contributed by atoms with Crippen LogP contribution in [0.3, 0.4) is 0 Å². The minimum absolute atomic E-state index is 0.00438. The van der Waals surface area contributed by atoms with Gasteiger partial charge in [0.2, 0.25) is 0 Å². The van der Waals surface area contributed by atoms with Gasteiger partial charge in [0.15, 0.2) is 0 Å². The van der Waals surface area contributed by atoms with Gasteiger partial charge < -0.3 is 4.74 Å². The minimum atomic E-state index is -3.57. The fourth-order valence-electron chi connectivity index (χ4n) is 3.87. The Morgan fingerprint density at radius 1 is 1.47 bits per heavy atom. The van der Waals surface area contributed by atoms with Crippen molar-refractivity contribution in [1.82, 2.24) is 0 Å². The van der Waals surface area contributed by atoms with Crippen molar-refractivity contribution in [3.8, 4) is 0 Å². The summed E-state index contributed by atoms with van der Waals surface area (Å²) in [6.07, 6.45) is 1.41. The molecule has 3 aliphatic rings. The Morgan fingerprint density at radius 3 is 2.79 bits per heavy atom. The van der Waals surface area contributed by atoms with Gasteiger partial charge in [0.1, 0.15) is 11.4 Å². The molecule has 1 heterocycles. The molecular weight excluding hydrogens is 268 g/mol. The summed E-state index contributed by atoms with van der Waals surface area (Å²) in [5, 5.41) is -0.649. The molecule has 19 heavy (non-hydrogen) atoms. The molecule has 2 bridgehead atoms. The normalized spacial score (nSPS) is 47.3. The molecule has 0 radical (unpaired) electrons. The van der Waals surface area contributed by atoms with Crippen LogP contribution in [-0.4, -0.2) is 31.8 Å². The van der Waals surface area contributed by atoms with E-state index in [9.17, 15) is 13.2 Å². The molecule has 0 N–H and O–H groups in total. The first-order valence-electron chi connectivity index (χ1n) is 6.91. The summed E-state index contributed by atoms with van der Waals surface area (Å²) < 4.78 is 34.8. The molecule has 108 valence electrons. The Balaban J connectivity index is 1.88. The van der Waals surface area contributed by atoms with Gasteiger partial charge in [-0.15, -0.1) is 0 Å². The van der Waals surface area contributed by atoms with Gasteiger partial charge in [0.05, 0.1) is 12.0 Å². The summed E-state index contributed by atoms with van der Waals surface area (Å²) in [5.74, 6) is -0.479. The minimum Gasteiger partial charge on any atom is -0.460 e. The highest BCUT2D eigenvalue weighted by Gasteiger charge is 2.70. The summed E-state index contributed by atoms with van der Waals surface area (Å²) in [6.45, 7) is 5.74. The summed E-state index contributed by atoms with van der Waals surface area (Å²) >= 11 is 0. The number of ether oxygens (including phenoxy) is 1. The molecule has 0 aromatic rings. The maximum absolute atomic E-state index is 12.0. The number of carbonyl (C=O) groups is 1. The molecule has 0 amide bonds. The lowest BCUT2D eigenvalue weighted by Crippen LogP contribution is -2.44. The molecule has 1 aliphatic heterocycles. The van der Waals surface area contributed by atoms with Crippen LogP contribution < -0.4 is 0 Å². The van der Waals surface area contributed by atoms with Gasteiger partial charge >= 0.3 is 5.97 Å². The number of esters is 1. The van der Waals surface area contributed by atoms with Crippen molar-refractivity contribution in [3.05, 3.63) is 0 Å². The Morgan fingerprint density at radius 2 is 2.16 bits per heavy atom. The van der Waals surface area contributed by atoms with E-state index in [-0.39, 0.29) is 29.3 Å². The average molecular weight is 288 g/mol. The Hall–Kier alpha value is -0.620. The second-order valence-electron chi connectivity index (χ2n) is 6.49. The molecule has 3 rings (SSSR count). The molecular formula is C13H20O5S. The van der Waals surface area contributed by atoms with Gasteiger partial charge in [0, 0.05) is 11.3 Å². The fraction of sp³-hybridized carbons (Fsp3) is 0.923. The van der Waals surface area contributed by atoms with Crippen molar-refractivity contribution >= 4 is 16.1 Å². The first-order chi connectivity index (χ1) is 8.78. The number of carbonyl (C=O) groups excluding carboxylic acids is 1. The van der Waals surface area contributed by atoms with Crippen LogP contribution in [0.25, 0.3) is 0 Å². The first kappa shape index (κ1) is 13.4. The highest BCUT2D eigenvalue weighted by Crippen LogP contribution is 2.62. The van der Waals surface area contributed by atoms with E-state index < -0.39 is 21.5 Å². The third-order valence-corrected chi connectivity index (χ3v) is 6.88. The van der Waals surface area contributed by atoms with Crippen LogP contribution in [0.15, 0.2) is 0 Å². The number of rotatable bonds is 3. The van der Waals surface area contributed by atoms with Crippen molar-refractivity contribution in [3.63, 3.8) is 0 Å². The van der Waals surface area contributed by atoms with Crippen LogP contribution in [0.4, 0.5) is 0 Å². The van der Waals surface area contributed by atoms with Crippen LogP contribution in [0.2, 0.25) is 0 Å². The van der Waals surface area contributed by atoms with E-state index in [2.05, 4.69) is 0 Å². The number of hydrogen-bond acceptors (Lipinski definition) is 5. The Bertz CT molecular complexity index is 509. The zero-order chi connectivity index (χ0) is 14.0. The lowest BCUT2D eigenvalue weighted by Gasteiger charge is -2.33. The average Bonchev–Trinajstić information content (AvgIpc) is 2.83. The van der Waals surface area contributed by atoms with Crippen molar-refractivity contribution in [2.75, 3.05) is 0 Å². The van der Waals surface area contributed by atoms with Crippen LogP contribution >= 0.6 is 0 Å². The maximum Gasteiger partial charge on any atom is 0.308 e. The van der Waals surface area contributed by atoms with E-state index in [0.717, 1.165) is 6.42 Å². The smallest absolute Gasteiger partial charge is 0.308 e. The molecule has 0 spiro atoms. The lowest BCUT2D eigenvalue weighted by molar-refractivity contribution is -0.159. The zero-order valence-corrected chi connectivity index (χ0v) is 12.3. The van der Waals surface area contributed by atoms with Gasteiger partial charge in [0.25, 0.3) is 10.1 Å². The molecule has 2 saturated carbocycles. The second-order valence-corrected chi connectivity index (χ2v) is 8.21. The highest BCUT2D eigenvalue weighted by atomic mass is 32.2. The molecule has 1 saturated heterocycles. The molecule has 0 aromatic heterocycles. The van der Waals surface area contributed by atoms with Crippen LogP contribution in [0.1, 0.15) is 40.0 Å². The SMILES string of the molecule is CCC(C)C(=O)OC1C2C3CC1(C)CC3OS2(=O)=O. The van der Waals surface area contributed by atoms with Gasteiger partial charge in [-0.25, -0.2) is 0 Å². The van der Waals surface area contributed by atoms with Crippen LogP contribution in [0, 0.1) is 17.3 Å². The van der Waals surface area contributed by atoms with Gasteiger partial charge in [-0.1, -0.05) is 20.8 Å². The Kier molecular flexibility index (Phi) is 2.78. The molecule has 6 atom stereocenters. The molecule has 0 aromatic carbocycles. The largest absolute Gasteiger partial charge is 0.460 e. The highest BCUT2D eigenvalue weighted by molar-refractivity contribution is 7.87. The number of fused-ring (bicyclic) bond motifs is 1. The quantitative estimate of drug-likeness (QED) is 0.581. The summed E-state index contributed by atoms with van der Waals surface area (Å²) in [4.78, 5) is 12.0. The fourth-order valence-corrected chi connectivity index (χ4v) is 5.94. The van der Waals surface area contributed by atoms with Crippen LogP contribution in [-0.2, 0) is 23.8 Å². The van der Waals surface area contributed by atoms with E-state index in [1.54, 1.807) is 6.92 Å². The predicted octanol–water partition coefficient (Wildman–Crippen LogP) is 1.47. The molecule has 6 heteroatoms. The van der Waals surface area contributed by atoms with Crippen molar-refractivity contribution in [1.29, 1.82) is 0 Å². The molecule has 3 fully saturated rings. The van der Waals surface area contributed by atoms with Gasteiger partial charge in [-0.2, -0.15) is 8.42 Å². The summed E-state index contributed by atoms with van der Waals surface area (Å²) in [6, 6.07) is 0. The lowest BCUT2D eigenvalue weighted by atomic mass is 9.82. The topological polar surface area (TPSA) is 69.7 Å². The second kappa shape index (κ2) is 3.95. The van der Waals surface area contributed by atoms with Crippen molar-refractivity contribution in [2.45, 2.75) is 57.5 Å². The van der Waals surface area contributed by atoms with E-state index >= 15 is 0 Å². The molecule has 5 nitrogen and oxygen atoms in total. The number of hydrogen-bond donors (Lipinski definition) is 0. The standard InChI is InChI=1S/C13H20O5S/c1-4-7(2)12(14)17-11-10-8-5-13(11,3)6-9(8)18-19(10,15)16/h7-11H,4-6H2,1-3H3. The third-order valence-electron chi connectivity index (χ3n) is 5.10. The van der Waals surface area contributed by atoms with E-state index in [1.807, 2.05) is 13.8 Å². The predicted molar refractivity (Wildman–Crippen MR) is 67.7 cm³/mol. The third kappa shape index (κ3) is 1.76. The Labute approximate surface area is 113 Å². The first-order valence-corrected chi connectivity index (χ1v) is 8.38. The summed E-state index contributed by atoms with van der Waals surface area (Å²) in [7, 11) is -3.57. The summed E-state index contributed by atoms with van der Waals surface area (Å²) in [5.41, 5.74) is -0.243. The van der Waals surface area contributed by atoms with Crippen molar-refractivity contribution in [2.24, 2.45) is 17.3 Å². The van der Waals surface area contributed by atoms with Gasteiger partial charge in [-0.3, -0.25) is 8.98 Å². The van der Waals surface area contributed by atoms with E-state index in [4.69, 9.17) is 8.92 Å². The van der Waals surface area contributed by atoms with Gasteiger partial charge in [-0.05, 0) is 19.3 Å². The maximum atomic E-state index is 12.0. The van der Waals surface area contributed by atoms with Crippen LogP contribution in [0.5, 0.6) is 0 Å². The zero-order valence-electron chi connectivity index (χ0n) is 11.5.